The molecule has 0 atom stereocenters. The zero-order valence-corrected chi connectivity index (χ0v) is 18.4. The van der Waals surface area contributed by atoms with Crippen molar-refractivity contribution in [1.82, 2.24) is 0 Å². The van der Waals surface area contributed by atoms with Crippen LogP contribution in [0.25, 0.3) is 21.7 Å². The highest BCUT2D eigenvalue weighted by molar-refractivity contribution is 7.93. The van der Waals surface area contributed by atoms with Crippen molar-refractivity contribution >= 4 is 55.0 Å². The fraction of sp³-hybridized carbons (Fsp3) is 0.130. The van der Waals surface area contributed by atoms with Crippen LogP contribution in [-0.2, 0) is 26.1 Å². The van der Waals surface area contributed by atoms with Crippen molar-refractivity contribution in [2.24, 2.45) is 0 Å². The molecular weight excluding hydrogens is 448 g/mol. The fourth-order valence-corrected chi connectivity index (χ4v) is 5.33. The standard InChI is InChI=1S/C23H18N2O7S/c1-30-11-18-21(23(27)31-2)15-10-12(6-8-17(15)32-18)25-33(28,29)19-9-7-16-20-13(19)4-3-5-14(20)22(26)24-16/h3-10,25H,11H2,1-2H3,(H,24,26). The summed E-state index contributed by atoms with van der Waals surface area (Å²) >= 11 is 0. The molecule has 1 aromatic heterocycles. The van der Waals surface area contributed by atoms with Crippen molar-refractivity contribution in [2.75, 3.05) is 24.3 Å². The molecule has 10 heteroatoms. The van der Waals surface area contributed by atoms with Crippen LogP contribution >= 0.6 is 0 Å². The molecule has 0 aliphatic carbocycles. The lowest BCUT2D eigenvalue weighted by atomic mass is 10.1. The first-order chi connectivity index (χ1) is 15.8. The smallest absolute Gasteiger partial charge is 0.342 e. The van der Waals surface area contributed by atoms with Gasteiger partial charge in [-0.05, 0) is 36.4 Å². The van der Waals surface area contributed by atoms with Gasteiger partial charge in [0, 0.05) is 40.2 Å². The molecule has 33 heavy (non-hydrogen) atoms. The SMILES string of the molecule is COCc1oc2ccc(NS(=O)(=O)c3ccc4c5c(cccc35)C(=O)N4)cc2c1C(=O)OC. The zero-order valence-electron chi connectivity index (χ0n) is 17.6. The van der Waals surface area contributed by atoms with Gasteiger partial charge in [0.05, 0.1) is 12.0 Å². The summed E-state index contributed by atoms with van der Waals surface area (Å²) in [6.07, 6.45) is 0. The number of carbonyl (C=O) groups excluding carboxylic acids is 2. The van der Waals surface area contributed by atoms with E-state index in [1.165, 1.54) is 32.4 Å². The number of hydrogen-bond acceptors (Lipinski definition) is 7. The second-order valence-electron chi connectivity index (χ2n) is 7.43. The number of sulfonamides is 1. The summed E-state index contributed by atoms with van der Waals surface area (Å²) in [6, 6.07) is 12.6. The molecule has 0 bridgehead atoms. The molecule has 1 aliphatic heterocycles. The minimum atomic E-state index is -4.03. The van der Waals surface area contributed by atoms with Crippen molar-refractivity contribution in [3.63, 3.8) is 0 Å². The summed E-state index contributed by atoms with van der Waals surface area (Å²) in [4.78, 5) is 24.5. The Hall–Kier alpha value is -3.89. The van der Waals surface area contributed by atoms with Crippen LogP contribution in [0.4, 0.5) is 11.4 Å². The van der Waals surface area contributed by atoms with E-state index in [0.29, 0.717) is 33.0 Å². The van der Waals surface area contributed by atoms with Crippen LogP contribution in [0.5, 0.6) is 0 Å². The lowest BCUT2D eigenvalue weighted by Crippen LogP contribution is -2.13. The third-order valence-electron chi connectivity index (χ3n) is 5.46. The number of methoxy groups -OCH3 is 2. The van der Waals surface area contributed by atoms with E-state index in [2.05, 4.69) is 10.0 Å². The van der Waals surface area contributed by atoms with Crippen LogP contribution in [-0.4, -0.2) is 34.5 Å². The molecule has 0 saturated carbocycles. The highest BCUT2D eigenvalue weighted by Crippen LogP contribution is 2.37. The molecule has 0 saturated heterocycles. The van der Waals surface area contributed by atoms with Gasteiger partial charge < -0.3 is 19.2 Å². The van der Waals surface area contributed by atoms with Crippen LogP contribution < -0.4 is 10.0 Å². The molecule has 0 radical (unpaired) electrons. The maximum absolute atomic E-state index is 13.3. The van der Waals surface area contributed by atoms with E-state index in [4.69, 9.17) is 13.9 Å². The van der Waals surface area contributed by atoms with Gasteiger partial charge in [-0.25, -0.2) is 13.2 Å². The Labute approximate surface area is 188 Å². The molecule has 168 valence electrons. The van der Waals surface area contributed by atoms with Gasteiger partial charge in [-0.1, -0.05) is 12.1 Å². The average molecular weight is 466 g/mol. The number of esters is 1. The first-order valence-electron chi connectivity index (χ1n) is 9.86. The molecule has 4 aromatic rings. The molecular formula is C23H18N2O7S. The van der Waals surface area contributed by atoms with Crippen LogP contribution in [0.2, 0.25) is 0 Å². The van der Waals surface area contributed by atoms with Crippen LogP contribution in [0.1, 0.15) is 26.5 Å². The Bertz CT molecular complexity index is 1570. The summed E-state index contributed by atoms with van der Waals surface area (Å²) in [5.74, 6) is -0.611. The number of amides is 1. The van der Waals surface area contributed by atoms with Crippen molar-refractivity contribution in [3.05, 3.63) is 65.4 Å². The van der Waals surface area contributed by atoms with E-state index in [1.54, 1.807) is 30.3 Å². The molecule has 0 unspecified atom stereocenters. The van der Waals surface area contributed by atoms with Crippen LogP contribution in [0.15, 0.2) is 57.8 Å². The van der Waals surface area contributed by atoms with Gasteiger partial charge in [0.1, 0.15) is 23.5 Å². The topological polar surface area (TPSA) is 124 Å². The first kappa shape index (κ1) is 21.0. The maximum Gasteiger partial charge on any atom is 0.342 e. The molecule has 2 heterocycles. The zero-order chi connectivity index (χ0) is 23.3. The van der Waals surface area contributed by atoms with Gasteiger partial charge in [-0.3, -0.25) is 9.52 Å². The predicted molar refractivity (Wildman–Crippen MR) is 121 cm³/mol. The molecule has 2 N–H and O–H groups in total. The van der Waals surface area contributed by atoms with E-state index >= 15 is 0 Å². The first-order valence-corrected chi connectivity index (χ1v) is 11.3. The second kappa shape index (κ2) is 7.61. The van der Waals surface area contributed by atoms with Crippen molar-refractivity contribution < 1.29 is 31.9 Å². The molecule has 3 aromatic carbocycles. The minimum absolute atomic E-state index is 0.0279. The van der Waals surface area contributed by atoms with Crippen molar-refractivity contribution in [1.29, 1.82) is 0 Å². The lowest BCUT2D eigenvalue weighted by Gasteiger charge is -2.11. The summed E-state index contributed by atoms with van der Waals surface area (Å²) in [5, 5.41) is 4.12. The lowest BCUT2D eigenvalue weighted by molar-refractivity contribution is 0.0594. The minimum Gasteiger partial charge on any atom is -0.465 e. The normalized spacial score (nSPS) is 12.8. The summed E-state index contributed by atoms with van der Waals surface area (Å²) in [6.45, 7) is 0.0492. The second-order valence-corrected chi connectivity index (χ2v) is 9.09. The summed E-state index contributed by atoms with van der Waals surface area (Å²) in [7, 11) is -1.32. The number of benzene rings is 3. The van der Waals surface area contributed by atoms with E-state index < -0.39 is 16.0 Å². The highest BCUT2D eigenvalue weighted by Gasteiger charge is 2.27. The third-order valence-corrected chi connectivity index (χ3v) is 6.90. The van der Waals surface area contributed by atoms with E-state index in [-0.39, 0.29) is 34.4 Å². The summed E-state index contributed by atoms with van der Waals surface area (Å²) < 4.78 is 44.8. The molecule has 1 amide bonds. The van der Waals surface area contributed by atoms with Gasteiger partial charge in [-0.2, -0.15) is 0 Å². The van der Waals surface area contributed by atoms with Gasteiger partial charge in [-0.15, -0.1) is 0 Å². The van der Waals surface area contributed by atoms with Gasteiger partial charge in [0.2, 0.25) is 0 Å². The molecule has 0 spiro atoms. The van der Waals surface area contributed by atoms with Gasteiger partial charge >= 0.3 is 5.97 Å². The molecule has 0 fully saturated rings. The van der Waals surface area contributed by atoms with E-state index in [0.717, 1.165) is 0 Å². The monoisotopic (exact) mass is 466 g/mol. The maximum atomic E-state index is 13.3. The number of nitrogens with one attached hydrogen (secondary N) is 2. The summed E-state index contributed by atoms with van der Waals surface area (Å²) in [5.41, 5.74) is 1.78. The largest absolute Gasteiger partial charge is 0.465 e. The van der Waals surface area contributed by atoms with Gasteiger partial charge in [0.25, 0.3) is 15.9 Å². The number of carbonyl (C=O) groups is 2. The Morgan fingerprint density at radius 3 is 2.67 bits per heavy atom. The predicted octanol–water partition coefficient (Wildman–Crippen LogP) is 3.89. The fourth-order valence-electron chi connectivity index (χ4n) is 4.08. The number of furan rings is 1. The van der Waals surface area contributed by atoms with Gasteiger partial charge in [0.15, 0.2) is 0 Å². The van der Waals surface area contributed by atoms with Crippen LogP contribution in [0, 0.1) is 0 Å². The van der Waals surface area contributed by atoms with E-state index in [1.807, 2.05) is 0 Å². The van der Waals surface area contributed by atoms with Crippen LogP contribution in [0.3, 0.4) is 0 Å². The number of ether oxygens (including phenoxy) is 2. The molecule has 5 rings (SSSR count). The highest BCUT2D eigenvalue weighted by atomic mass is 32.2. The average Bonchev–Trinajstić information content (AvgIpc) is 3.31. The number of hydrogen-bond donors (Lipinski definition) is 2. The number of anilines is 2. The number of rotatable bonds is 6. The molecule has 9 nitrogen and oxygen atoms in total. The number of fused-ring (bicyclic) bond motifs is 1. The van der Waals surface area contributed by atoms with Crippen molar-refractivity contribution in [2.45, 2.75) is 11.5 Å². The Morgan fingerprint density at radius 1 is 1.09 bits per heavy atom. The van der Waals surface area contributed by atoms with Crippen molar-refractivity contribution in [3.8, 4) is 0 Å². The molecule has 1 aliphatic rings. The Morgan fingerprint density at radius 2 is 1.91 bits per heavy atom. The Balaban J connectivity index is 1.60. The Kier molecular flexibility index (Phi) is 4.84. The van der Waals surface area contributed by atoms with E-state index in [9.17, 15) is 18.0 Å². The third kappa shape index (κ3) is 3.31. The quantitative estimate of drug-likeness (QED) is 0.413.